The highest BCUT2D eigenvalue weighted by atomic mass is 32.2. The Morgan fingerprint density at radius 2 is 1.88 bits per heavy atom. The molecule has 0 saturated carbocycles. The second kappa shape index (κ2) is 7.37. The largest absolute Gasteiger partial charge is 0.365 e. The van der Waals surface area contributed by atoms with Gasteiger partial charge in [0.15, 0.2) is 9.84 Å². The van der Waals surface area contributed by atoms with Crippen LogP contribution in [0.2, 0.25) is 0 Å². The fourth-order valence-corrected chi connectivity index (χ4v) is 3.67. The Balaban J connectivity index is 1.81. The molecule has 0 amide bonds. The Morgan fingerprint density at radius 1 is 1.27 bits per heavy atom. The molecule has 1 fully saturated rings. The van der Waals surface area contributed by atoms with Crippen LogP contribution in [0.5, 0.6) is 0 Å². The van der Waals surface area contributed by atoms with Crippen molar-refractivity contribution in [3.63, 3.8) is 0 Å². The van der Waals surface area contributed by atoms with Crippen molar-refractivity contribution >= 4 is 9.84 Å². The van der Waals surface area contributed by atoms with Gasteiger partial charge >= 0.3 is 0 Å². The van der Waals surface area contributed by atoms with Gasteiger partial charge in [0, 0.05) is 11.8 Å². The van der Waals surface area contributed by atoms with Gasteiger partial charge in [-0.25, -0.2) is 17.2 Å². The van der Waals surface area contributed by atoms with Crippen molar-refractivity contribution in [1.82, 2.24) is 15.5 Å². The molecule has 1 saturated heterocycles. The van der Waals surface area contributed by atoms with Crippen LogP contribution >= 0.6 is 0 Å². The lowest BCUT2D eigenvalue weighted by atomic mass is 10.1. The number of benzene rings is 1. The zero-order valence-corrected chi connectivity index (χ0v) is 15.1. The van der Waals surface area contributed by atoms with Gasteiger partial charge in [-0.15, -0.1) is 0 Å². The van der Waals surface area contributed by atoms with E-state index in [4.69, 9.17) is 9.26 Å². The van der Waals surface area contributed by atoms with E-state index in [1.807, 2.05) is 0 Å². The number of hydrogen-bond donors (Lipinski definition) is 1. The van der Waals surface area contributed by atoms with Crippen molar-refractivity contribution in [3.05, 3.63) is 29.7 Å². The van der Waals surface area contributed by atoms with Gasteiger partial charge in [0.05, 0.1) is 6.10 Å². The number of aromatic nitrogens is 2. The molecule has 142 valence electrons. The summed E-state index contributed by atoms with van der Waals surface area (Å²) in [5.74, 6) is -2.26. The molecule has 0 aliphatic carbocycles. The van der Waals surface area contributed by atoms with Crippen molar-refractivity contribution in [3.8, 4) is 11.4 Å². The van der Waals surface area contributed by atoms with Gasteiger partial charge < -0.3 is 14.6 Å². The molecule has 1 N–H and O–H groups in total. The second-order valence-corrected chi connectivity index (χ2v) is 8.18. The maximum atomic E-state index is 14.0. The highest BCUT2D eigenvalue weighted by Crippen LogP contribution is 2.27. The lowest BCUT2D eigenvalue weighted by Crippen LogP contribution is -2.33. The van der Waals surface area contributed by atoms with E-state index in [0.29, 0.717) is 0 Å². The van der Waals surface area contributed by atoms with Crippen molar-refractivity contribution in [2.45, 2.75) is 36.9 Å². The molecule has 0 bridgehead atoms. The van der Waals surface area contributed by atoms with Crippen LogP contribution in [0, 0.1) is 11.6 Å². The molecule has 0 radical (unpaired) electrons. The van der Waals surface area contributed by atoms with Crippen LogP contribution in [-0.4, -0.2) is 44.0 Å². The van der Waals surface area contributed by atoms with Crippen molar-refractivity contribution in [1.29, 1.82) is 0 Å². The summed E-state index contributed by atoms with van der Waals surface area (Å²) in [6, 6.07) is 1.73. The molecular formula is C16H19F2N3O4S. The number of nitrogens with zero attached hydrogens (tertiary/aromatic N) is 2. The number of halogens is 2. The Hall–Kier alpha value is -1.91. The average Bonchev–Trinajstić information content (AvgIpc) is 3.04. The molecular weight excluding hydrogens is 368 g/mol. The third-order valence-corrected chi connectivity index (χ3v) is 5.23. The molecule has 3 rings (SSSR count). The third kappa shape index (κ3) is 4.08. The minimum absolute atomic E-state index is 0.0172. The summed E-state index contributed by atoms with van der Waals surface area (Å²) < 4.78 is 62.0. The zero-order chi connectivity index (χ0) is 18.9. The van der Waals surface area contributed by atoms with Crippen LogP contribution in [0.15, 0.2) is 21.6 Å². The van der Waals surface area contributed by atoms with Crippen LogP contribution in [0.25, 0.3) is 11.4 Å². The highest BCUT2D eigenvalue weighted by Gasteiger charge is 2.24. The van der Waals surface area contributed by atoms with E-state index >= 15 is 0 Å². The predicted octanol–water partition coefficient (Wildman–Crippen LogP) is 2.25. The summed E-state index contributed by atoms with van der Waals surface area (Å²) in [5.41, 5.74) is -0.0172. The lowest BCUT2D eigenvalue weighted by molar-refractivity contribution is -0.0326. The van der Waals surface area contributed by atoms with Gasteiger partial charge in [0.2, 0.25) is 5.82 Å². The predicted molar refractivity (Wildman–Crippen MR) is 88.2 cm³/mol. The summed E-state index contributed by atoms with van der Waals surface area (Å²) in [6.45, 7) is 3.50. The van der Waals surface area contributed by atoms with Crippen LogP contribution in [0.1, 0.15) is 31.8 Å². The summed E-state index contributed by atoms with van der Waals surface area (Å²) in [6.07, 6.45) is 2.08. The van der Waals surface area contributed by atoms with Gasteiger partial charge in [0.1, 0.15) is 22.6 Å². The van der Waals surface area contributed by atoms with Crippen molar-refractivity contribution in [2.75, 3.05) is 19.3 Å². The van der Waals surface area contributed by atoms with Gasteiger partial charge in [-0.2, -0.15) is 4.98 Å². The van der Waals surface area contributed by atoms with Crippen LogP contribution in [0.3, 0.4) is 0 Å². The molecule has 0 spiro atoms. The lowest BCUT2D eigenvalue weighted by Gasteiger charge is -2.24. The summed E-state index contributed by atoms with van der Waals surface area (Å²) >= 11 is 0. The SMILES string of the molecule is CC(OC1CCNCC1)c1nc(-c2cc(F)c(S(C)(=O)=O)c(F)c2)no1. The zero-order valence-electron chi connectivity index (χ0n) is 14.3. The quantitative estimate of drug-likeness (QED) is 0.841. The van der Waals surface area contributed by atoms with Gasteiger partial charge in [-0.05, 0) is 45.0 Å². The number of hydrogen-bond acceptors (Lipinski definition) is 7. The van der Waals surface area contributed by atoms with Gasteiger partial charge in [0.25, 0.3) is 5.89 Å². The molecule has 7 nitrogen and oxygen atoms in total. The topological polar surface area (TPSA) is 94.3 Å². The van der Waals surface area contributed by atoms with E-state index in [2.05, 4.69) is 15.5 Å². The molecule has 1 aromatic heterocycles. The van der Waals surface area contributed by atoms with Gasteiger partial charge in [-0.3, -0.25) is 0 Å². The van der Waals surface area contributed by atoms with E-state index in [1.54, 1.807) is 6.92 Å². The molecule has 2 aromatic rings. The van der Waals surface area contributed by atoms with E-state index in [9.17, 15) is 17.2 Å². The molecule has 1 aliphatic heterocycles. The standard InChI is InChI=1S/C16H19F2N3O4S/c1-9(24-11-3-5-19-6-4-11)16-20-15(21-25-16)10-7-12(17)14(13(18)8-10)26(2,22)23/h7-9,11,19H,3-6H2,1-2H3. The monoisotopic (exact) mass is 387 g/mol. The summed E-state index contributed by atoms with van der Waals surface area (Å²) in [7, 11) is -4.03. The third-order valence-electron chi connectivity index (χ3n) is 4.10. The van der Waals surface area contributed by atoms with Gasteiger partial charge in [-0.1, -0.05) is 5.16 Å². The number of rotatable bonds is 5. The molecule has 2 heterocycles. The Labute approximate surface area is 149 Å². The first-order valence-corrected chi connectivity index (χ1v) is 10.0. The van der Waals surface area contributed by atoms with Crippen LogP contribution in [-0.2, 0) is 14.6 Å². The number of nitrogens with one attached hydrogen (secondary N) is 1. The molecule has 1 aliphatic rings. The van der Waals surface area contributed by atoms with E-state index in [-0.39, 0.29) is 23.4 Å². The molecule has 10 heteroatoms. The number of sulfone groups is 1. The van der Waals surface area contributed by atoms with E-state index < -0.39 is 32.5 Å². The fraction of sp³-hybridized carbons (Fsp3) is 0.500. The Bertz CT molecular complexity index is 872. The first kappa shape index (κ1) is 18.9. The maximum Gasteiger partial charge on any atom is 0.255 e. The number of piperidine rings is 1. The summed E-state index contributed by atoms with van der Waals surface area (Å²) in [5, 5.41) is 6.95. The van der Waals surface area contributed by atoms with E-state index in [0.717, 1.165) is 44.3 Å². The first-order valence-electron chi connectivity index (χ1n) is 8.15. The second-order valence-electron chi connectivity index (χ2n) is 6.23. The van der Waals surface area contributed by atoms with Crippen LogP contribution < -0.4 is 5.32 Å². The Kier molecular flexibility index (Phi) is 5.35. The van der Waals surface area contributed by atoms with Crippen LogP contribution in [0.4, 0.5) is 8.78 Å². The minimum atomic E-state index is -4.03. The normalized spacial score (nSPS) is 17.4. The molecule has 1 aromatic carbocycles. The number of ether oxygens (including phenoxy) is 1. The maximum absolute atomic E-state index is 14.0. The molecule has 26 heavy (non-hydrogen) atoms. The minimum Gasteiger partial charge on any atom is -0.365 e. The Morgan fingerprint density at radius 3 is 2.46 bits per heavy atom. The molecule has 1 atom stereocenters. The smallest absolute Gasteiger partial charge is 0.255 e. The van der Waals surface area contributed by atoms with E-state index in [1.165, 1.54) is 0 Å². The first-order chi connectivity index (χ1) is 12.3. The van der Waals surface area contributed by atoms with Crippen molar-refractivity contribution < 1.29 is 26.5 Å². The molecule has 1 unspecified atom stereocenters. The highest BCUT2D eigenvalue weighted by molar-refractivity contribution is 7.90. The fourth-order valence-electron chi connectivity index (χ4n) is 2.84. The average molecular weight is 387 g/mol. The van der Waals surface area contributed by atoms with Crippen molar-refractivity contribution in [2.24, 2.45) is 0 Å². The summed E-state index contributed by atoms with van der Waals surface area (Å²) in [4.78, 5) is 3.14.